The Bertz CT molecular complexity index is 365. The molecule has 0 fully saturated rings. The Labute approximate surface area is 83.6 Å². The highest BCUT2D eigenvalue weighted by molar-refractivity contribution is 5.70. The number of nitro groups is 1. The van der Waals surface area contributed by atoms with E-state index in [2.05, 4.69) is 9.72 Å². The zero-order valence-electron chi connectivity index (χ0n) is 7.63. The molecule has 0 radical (unpaired) electrons. The van der Waals surface area contributed by atoms with E-state index in [1.165, 1.54) is 17.0 Å². The number of alkyl halides is 1. The fraction of sp³-hybridized carbons (Fsp3) is 0.429. The molecule has 0 bridgehead atoms. The van der Waals surface area contributed by atoms with Gasteiger partial charge in [-0.1, -0.05) is 4.98 Å². The van der Waals surface area contributed by atoms with Crippen molar-refractivity contribution >= 4 is 11.9 Å². The molecule has 0 aliphatic heterocycles. The molecule has 0 aliphatic carbocycles. The van der Waals surface area contributed by atoms with Gasteiger partial charge in [-0.2, -0.15) is 0 Å². The van der Waals surface area contributed by atoms with Crippen molar-refractivity contribution in [2.75, 3.05) is 13.3 Å². The van der Waals surface area contributed by atoms with Crippen molar-refractivity contribution in [2.45, 2.75) is 6.54 Å². The number of carbonyl (C=O) groups excluding carboxylic acids is 1. The van der Waals surface area contributed by atoms with Crippen LogP contribution in [0.25, 0.3) is 0 Å². The molecule has 0 saturated heterocycles. The van der Waals surface area contributed by atoms with E-state index in [0.717, 1.165) is 0 Å². The largest absolute Gasteiger partial charge is 0.460 e. The van der Waals surface area contributed by atoms with E-state index < -0.39 is 17.6 Å². The molecule has 0 atom stereocenters. The first-order valence-electron chi connectivity index (χ1n) is 4.02. The maximum absolute atomic E-state index is 11.7. The lowest BCUT2D eigenvalue weighted by atomic mass is 10.6. The van der Waals surface area contributed by atoms with Crippen LogP contribution in [0.3, 0.4) is 0 Å². The highest BCUT2D eigenvalue weighted by Crippen LogP contribution is 2.06. The lowest BCUT2D eigenvalue weighted by Crippen LogP contribution is -2.13. The Morgan fingerprint density at radius 3 is 3.07 bits per heavy atom. The van der Waals surface area contributed by atoms with Crippen LogP contribution in [-0.2, 0) is 16.1 Å². The van der Waals surface area contributed by atoms with Gasteiger partial charge in [0.25, 0.3) is 0 Å². The molecular formula is C7H8FN3O4. The third-order valence-corrected chi connectivity index (χ3v) is 1.56. The summed E-state index contributed by atoms with van der Waals surface area (Å²) in [4.78, 5) is 23.6. The van der Waals surface area contributed by atoms with Gasteiger partial charge in [0.15, 0.2) is 6.67 Å². The molecule has 0 spiro atoms. The number of esters is 1. The monoisotopic (exact) mass is 216 g/mol. The van der Waals surface area contributed by atoms with Gasteiger partial charge in [0.1, 0.15) is 25.5 Å². The molecule has 7 nitrogen and oxygen atoms in total. The average molecular weight is 216 g/mol. The van der Waals surface area contributed by atoms with E-state index in [1.54, 1.807) is 0 Å². The first-order valence-corrected chi connectivity index (χ1v) is 4.02. The smallest absolute Gasteiger partial charge is 0.434 e. The number of imidazole rings is 1. The number of carbonyl (C=O) groups is 1. The molecule has 1 aromatic heterocycles. The van der Waals surface area contributed by atoms with Gasteiger partial charge in [0.05, 0.1) is 0 Å². The maximum atomic E-state index is 11.7. The molecular weight excluding hydrogens is 208 g/mol. The van der Waals surface area contributed by atoms with Crippen LogP contribution >= 0.6 is 0 Å². The van der Waals surface area contributed by atoms with Gasteiger partial charge in [-0.15, -0.1) is 0 Å². The molecule has 1 rings (SSSR count). The fourth-order valence-electron chi connectivity index (χ4n) is 0.944. The van der Waals surface area contributed by atoms with Gasteiger partial charge in [0.2, 0.25) is 0 Å². The number of hydrogen-bond donors (Lipinski definition) is 0. The Morgan fingerprint density at radius 1 is 1.73 bits per heavy atom. The Hall–Kier alpha value is -1.99. The van der Waals surface area contributed by atoms with Crippen LogP contribution in [0.4, 0.5) is 10.3 Å². The van der Waals surface area contributed by atoms with E-state index in [4.69, 9.17) is 0 Å². The number of nitrogens with zero attached hydrogens (tertiary/aromatic N) is 3. The van der Waals surface area contributed by atoms with E-state index in [0.29, 0.717) is 0 Å². The Balaban J connectivity index is 2.47. The zero-order chi connectivity index (χ0) is 11.3. The molecule has 0 unspecified atom stereocenters. The van der Waals surface area contributed by atoms with Crippen molar-refractivity contribution in [2.24, 2.45) is 0 Å². The van der Waals surface area contributed by atoms with Gasteiger partial charge >= 0.3 is 11.9 Å². The van der Waals surface area contributed by atoms with E-state index >= 15 is 0 Å². The summed E-state index contributed by atoms with van der Waals surface area (Å²) in [6.07, 6.45) is 2.64. The minimum Gasteiger partial charge on any atom is -0.460 e. The third-order valence-electron chi connectivity index (χ3n) is 1.56. The van der Waals surface area contributed by atoms with Crippen molar-refractivity contribution in [3.63, 3.8) is 0 Å². The van der Waals surface area contributed by atoms with Crippen LogP contribution < -0.4 is 0 Å². The second-order valence-corrected chi connectivity index (χ2v) is 2.53. The summed E-state index contributed by atoms with van der Waals surface area (Å²) in [5.74, 6) is -1.33. The maximum Gasteiger partial charge on any atom is 0.434 e. The summed E-state index contributed by atoms with van der Waals surface area (Å²) in [6.45, 7) is -1.26. The van der Waals surface area contributed by atoms with Gasteiger partial charge in [0, 0.05) is 0 Å². The molecule has 0 N–H and O–H groups in total. The van der Waals surface area contributed by atoms with Gasteiger partial charge in [-0.3, -0.25) is 0 Å². The zero-order valence-corrected chi connectivity index (χ0v) is 7.63. The second-order valence-electron chi connectivity index (χ2n) is 2.53. The summed E-state index contributed by atoms with van der Waals surface area (Å²) in [6, 6.07) is 0. The molecule has 0 saturated carbocycles. The SMILES string of the molecule is O=C(C[18F])OCCn1ccnc1[N+](=O)[O-]. The molecule has 0 aromatic carbocycles. The second kappa shape index (κ2) is 5.03. The first-order chi connectivity index (χ1) is 7.15. The molecule has 0 amide bonds. The van der Waals surface area contributed by atoms with Crippen LogP contribution in [0.5, 0.6) is 0 Å². The number of halogens is 1. The number of ether oxygens (including phenoxy) is 1. The minimum atomic E-state index is -1.20. The third kappa shape index (κ3) is 3.01. The van der Waals surface area contributed by atoms with E-state index in [9.17, 15) is 19.3 Å². The number of rotatable bonds is 5. The summed E-state index contributed by atoms with van der Waals surface area (Å²) in [5, 5.41) is 10.4. The van der Waals surface area contributed by atoms with E-state index in [-0.39, 0.29) is 19.1 Å². The quantitative estimate of drug-likeness (QED) is 0.401. The topological polar surface area (TPSA) is 87.3 Å². The molecule has 1 heterocycles. The van der Waals surface area contributed by atoms with Gasteiger partial charge in [-0.05, 0) is 4.92 Å². The van der Waals surface area contributed by atoms with Crippen molar-refractivity contribution in [3.05, 3.63) is 22.5 Å². The van der Waals surface area contributed by atoms with Crippen molar-refractivity contribution in [1.29, 1.82) is 0 Å². The fourth-order valence-corrected chi connectivity index (χ4v) is 0.944. The Morgan fingerprint density at radius 2 is 2.47 bits per heavy atom. The van der Waals surface area contributed by atoms with Gasteiger partial charge < -0.3 is 14.9 Å². The first kappa shape index (κ1) is 11.1. The minimum absolute atomic E-state index is 0.0715. The Kier molecular flexibility index (Phi) is 3.72. The summed E-state index contributed by atoms with van der Waals surface area (Å²) in [7, 11) is 0. The van der Waals surface area contributed by atoms with Crippen LogP contribution in [0.1, 0.15) is 0 Å². The lowest BCUT2D eigenvalue weighted by molar-refractivity contribution is -0.396. The van der Waals surface area contributed by atoms with Crippen molar-refractivity contribution in [1.82, 2.24) is 9.55 Å². The summed E-state index contributed by atoms with van der Waals surface area (Å²) >= 11 is 0. The van der Waals surface area contributed by atoms with E-state index in [1.807, 2.05) is 0 Å². The molecule has 1 aromatic rings. The van der Waals surface area contributed by atoms with Crippen LogP contribution in [-0.4, -0.2) is 33.7 Å². The molecule has 82 valence electrons. The number of hydrogen-bond acceptors (Lipinski definition) is 5. The summed E-state index contributed by atoms with van der Waals surface area (Å²) < 4.78 is 17.3. The summed E-state index contributed by atoms with van der Waals surface area (Å²) in [5.41, 5.74) is 0. The van der Waals surface area contributed by atoms with Crippen molar-refractivity contribution < 1.29 is 18.8 Å². The molecule has 15 heavy (non-hydrogen) atoms. The van der Waals surface area contributed by atoms with Gasteiger partial charge in [-0.25, -0.2) is 13.8 Å². The normalized spacial score (nSPS) is 9.93. The van der Waals surface area contributed by atoms with Crippen molar-refractivity contribution in [3.8, 4) is 0 Å². The predicted molar refractivity (Wildman–Crippen MR) is 45.8 cm³/mol. The van der Waals surface area contributed by atoms with Crippen LogP contribution in [0.2, 0.25) is 0 Å². The average Bonchev–Trinajstić information content (AvgIpc) is 2.65. The highest BCUT2D eigenvalue weighted by atomic mass is 18.2. The standard InChI is InChI=1S/C7H8FN3O4/c8-5-6(12)15-4-3-10-2-1-9-7(10)11(13)14/h1-2H,3-5H2/i8-1. The molecule has 0 aliphatic rings. The number of aromatic nitrogens is 2. The van der Waals surface area contributed by atoms with Crippen LogP contribution in [0, 0.1) is 10.1 Å². The lowest BCUT2D eigenvalue weighted by Gasteiger charge is -2.02. The molecule has 8 heteroatoms. The van der Waals surface area contributed by atoms with Crippen LogP contribution in [0.15, 0.2) is 12.4 Å². The predicted octanol–water partition coefficient (Wildman–Crippen LogP) is 0.304. The highest BCUT2D eigenvalue weighted by Gasteiger charge is 2.13.